The number of ether oxygens (including phenoxy) is 1. The molecule has 19 heavy (non-hydrogen) atoms. The van der Waals surface area contributed by atoms with Crippen LogP contribution in [0.5, 0.6) is 5.75 Å². The van der Waals surface area contributed by atoms with Gasteiger partial charge in [-0.3, -0.25) is 0 Å². The van der Waals surface area contributed by atoms with Crippen LogP contribution in [0.2, 0.25) is 0 Å². The van der Waals surface area contributed by atoms with E-state index in [0.29, 0.717) is 6.54 Å². The number of alkyl halides is 2. The fraction of sp³-hybridized carbons (Fsp3) is 0.600. The molecule has 0 atom stereocenters. The van der Waals surface area contributed by atoms with Crippen molar-refractivity contribution in [2.24, 2.45) is 5.92 Å². The Labute approximate surface area is 113 Å². The summed E-state index contributed by atoms with van der Waals surface area (Å²) in [4.78, 5) is 0. The molecule has 106 valence electrons. The minimum atomic E-state index is -2.76. The summed E-state index contributed by atoms with van der Waals surface area (Å²) in [7, 11) is 0. The van der Waals surface area contributed by atoms with E-state index in [4.69, 9.17) is 0 Å². The largest absolute Gasteiger partial charge is 0.434 e. The molecule has 0 spiro atoms. The van der Waals surface area contributed by atoms with Crippen molar-refractivity contribution < 1.29 is 13.5 Å². The van der Waals surface area contributed by atoms with Crippen LogP contribution in [0.3, 0.4) is 0 Å². The number of rotatable bonds is 7. The van der Waals surface area contributed by atoms with E-state index in [1.807, 2.05) is 12.1 Å². The number of hydrogen-bond donors (Lipinski definition) is 1. The Morgan fingerprint density at radius 2 is 1.95 bits per heavy atom. The fourth-order valence-electron chi connectivity index (χ4n) is 2.69. The maximum Gasteiger partial charge on any atom is 0.387 e. The predicted molar refractivity (Wildman–Crippen MR) is 71.4 cm³/mol. The van der Waals surface area contributed by atoms with Crippen LogP contribution in [0.15, 0.2) is 24.3 Å². The van der Waals surface area contributed by atoms with Gasteiger partial charge in [0.15, 0.2) is 0 Å². The Morgan fingerprint density at radius 3 is 2.68 bits per heavy atom. The summed E-state index contributed by atoms with van der Waals surface area (Å²) in [6.45, 7) is -1.25. The molecule has 0 aromatic heterocycles. The molecule has 2 rings (SSSR count). The molecule has 1 fully saturated rings. The van der Waals surface area contributed by atoms with E-state index in [0.717, 1.165) is 18.0 Å². The van der Waals surface area contributed by atoms with Gasteiger partial charge in [-0.25, -0.2) is 0 Å². The molecule has 0 unspecified atom stereocenters. The maximum atomic E-state index is 12.3. The highest BCUT2D eigenvalue weighted by Gasteiger charge is 2.14. The van der Waals surface area contributed by atoms with Gasteiger partial charge in [-0.15, -0.1) is 0 Å². The van der Waals surface area contributed by atoms with E-state index >= 15 is 0 Å². The first-order chi connectivity index (χ1) is 9.25. The minimum absolute atomic E-state index is 0.269. The molecule has 0 radical (unpaired) electrons. The summed E-state index contributed by atoms with van der Waals surface area (Å²) in [5.74, 6) is 1.12. The van der Waals surface area contributed by atoms with Gasteiger partial charge >= 0.3 is 6.61 Å². The van der Waals surface area contributed by atoms with E-state index in [1.54, 1.807) is 12.1 Å². The molecule has 2 nitrogen and oxygen atoms in total. The third-order valence-electron chi connectivity index (χ3n) is 3.71. The molecule has 4 heteroatoms. The lowest BCUT2D eigenvalue weighted by atomic mass is 10.0. The van der Waals surface area contributed by atoms with Crippen molar-refractivity contribution in [1.82, 2.24) is 5.32 Å². The van der Waals surface area contributed by atoms with Crippen molar-refractivity contribution in [3.63, 3.8) is 0 Å². The van der Waals surface area contributed by atoms with Gasteiger partial charge < -0.3 is 10.1 Å². The molecule has 0 aliphatic heterocycles. The second-order valence-electron chi connectivity index (χ2n) is 5.10. The van der Waals surface area contributed by atoms with Gasteiger partial charge in [-0.1, -0.05) is 43.9 Å². The van der Waals surface area contributed by atoms with Gasteiger partial charge in [0.2, 0.25) is 0 Å². The van der Waals surface area contributed by atoms with Crippen molar-refractivity contribution in [3.05, 3.63) is 29.8 Å². The molecule has 0 bridgehead atoms. The van der Waals surface area contributed by atoms with E-state index in [1.165, 1.54) is 32.1 Å². The minimum Gasteiger partial charge on any atom is -0.434 e. The van der Waals surface area contributed by atoms with Gasteiger partial charge in [-0.05, 0) is 24.9 Å². The third-order valence-corrected chi connectivity index (χ3v) is 3.71. The molecular formula is C15H21F2NO. The van der Waals surface area contributed by atoms with E-state index in [9.17, 15) is 8.78 Å². The first-order valence-corrected chi connectivity index (χ1v) is 6.99. The van der Waals surface area contributed by atoms with Crippen molar-refractivity contribution in [2.45, 2.75) is 45.3 Å². The molecule has 1 aliphatic rings. The molecule has 1 N–H and O–H groups in total. The van der Waals surface area contributed by atoms with E-state index < -0.39 is 6.61 Å². The molecule has 0 heterocycles. The van der Waals surface area contributed by atoms with Gasteiger partial charge in [0.05, 0.1) is 0 Å². The summed E-state index contributed by atoms with van der Waals surface area (Å²) in [5.41, 5.74) is 0.786. The SMILES string of the molecule is FC(F)Oc1ccccc1CNCCC1CCCC1. The second kappa shape index (κ2) is 7.43. The topological polar surface area (TPSA) is 21.3 Å². The molecule has 1 aromatic carbocycles. The Kier molecular flexibility index (Phi) is 5.58. The van der Waals surface area contributed by atoms with Gasteiger partial charge in [-0.2, -0.15) is 8.78 Å². The highest BCUT2D eigenvalue weighted by Crippen LogP contribution is 2.27. The first kappa shape index (κ1) is 14.3. The second-order valence-corrected chi connectivity index (χ2v) is 5.10. The zero-order valence-electron chi connectivity index (χ0n) is 11.1. The monoisotopic (exact) mass is 269 g/mol. The van der Waals surface area contributed by atoms with Crippen LogP contribution in [0.1, 0.15) is 37.7 Å². The molecule has 0 saturated heterocycles. The average molecular weight is 269 g/mol. The number of para-hydroxylation sites is 1. The number of benzene rings is 1. The standard InChI is InChI=1S/C15H21F2NO/c16-15(17)19-14-8-4-3-7-13(14)11-18-10-9-12-5-1-2-6-12/h3-4,7-8,12,15,18H,1-2,5-6,9-11H2. The van der Waals surface area contributed by atoms with Crippen LogP contribution in [-0.4, -0.2) is 13.2 Å². The number of hydrogen-bond acceptors (Lipinski definition) is 2. The molecule has 1 saturated carbocycles. The predicted octanol–water partition coefficient (Wildman–Crippen LogP) is 3.96. The average Bonchev–Trinajstić information content (AvgIpc) is 2.89. The van der Waals surface area contributed by atoms with Crippen LogP contribution in [0.25, 0.3) is 0 Å². The van der Waals surface area contributed by atoms with Crippen LogP contribution in [-0.2, 0) is 6.54 Å². The zero-order valence-corrected chi connectivity index (χ0v) is 11.1. The van der Waals surface area contributed by atoms with Crippen molar-refractivity contribution in [2.75, 3.05) is 6.54 Å². The van der Waals surface area contributed by atoms with Gasteiger partial charge in [0, 0.05) is 12.1 Å². The first-order valence-electron chi connectivity index (χ1n) is 6.99. The molecule has 0 amide bonds. The highest BCUT2D eigenvalue weighted by atomic mass is 19.3. The van der Waals surface area contributed by atoms with Crippen molar-refractivity contribution in [1.29, 1.82) is 0 Å². The van der Waals surface area contributed by atoms with Crippen LogP contribution < -0.4 is 10.1 Å². The number of nitrogens with one attached hydrogen (secondary N) is 1. The lowest BCUT2D eigenvalue weighted by molar-refractivity contribution is -0.0504. The summed E-state index contributed by atoms with van der Waals surface area (Å²) < 4.78 is 29.0. The summed E-state index contributed by atoms with van der Waals surface area (Å²) in [6.07, 6.45) is 6.57. The Bertz CT molecular complexity index is 378. The zero-order chi connectivity index (χ0) is 13.5. The molecular weight excluding hydrogens is 248 g/mol. The molecule has 1 aromatic rings. The third kappa shape index (κ3) is 4.78. The lowest BCUT2D eigenvalue weighted by Crippen LogP contribution is -2.18. The summed E-state index contributed by atoms with van der Waals surface area (Å²) in [6, 6.07) is 6.95. The Morgan fingerprint density at radius 1 is 1.21 bits per heavy atom. The van der Waals surface area contributed by atoms with Gasteiger partial charge in [0.1, 0.15) is 5.75 Å². The van der Waals surface area contributed by atoms with Crippen LogP contribution >= 0.6 is 0 Å². The number of halogens is 2. The Balaban J connectivity index is 1.75. The summed E-state index contributed by atoms with van der Waals surface area (Å²) in [5, 5.41) is 3.32. The smallest absolute Gasteiger partial charge is 0.387 e. The Hall–Kier alpha value is -1.16. The van der Waals surface area contributed by atoms with E-state index in [-0.39, 0.29) is 5.75 Å². The van der Waals surface area contributed by atoms with Crippen molar-refractivity contribution in [3.8, 4) is 5.75 Å². The lowest BCUT2D eigenvalue weighted by Gasteiger charge is -2.12. The molecule has 1 aliphatic carbocycles. The fourth-order valence-corrected chi connectivity index (χ4v) is 2.69. The van der Waals surface area contributed by atoms with Crippen LogP contribution in [0.4, 0.5) is 8.78 Å². The van der Waals surface area contributed by atoms with Crippen molar-refractivity contribution >= 4 is 0 Å². The quantitative estimate of drug-likeness (QED) is 0.757. The normalized spacial score (nSPS) is 16.2. The maximum absolute atomic E-state index is 12.3. The van der Waals surface area contributed by atoms with Crippen LogP contribution in [0, 0.1) is 5.92 Å². The highest BCUT2D eigenvalue weighted by molar-refractivity contribution is 5.33. The van der Waals surface area contributed by atoms with Gasteiger partial charge in [0.25, 0.3) is 0 Å². The van der Waals surface area contributed by atoms with E-state index in [2.05, 4.69) is 10.1 Å². The summed E-state index contributed by atoms with van der Waals surface area (Å²) >= 11 is 0.